The predicted molar refractivity (Wildman–Crippen MR) is 101 cm³/mol. The molecule has 4 N–H and O–H groups in total. The van der Waals surface area contributed by atoms with Crippen LogP contribution in [0, 0.1) is 5.92 Å². The summed E-state index contributed by atoms with van der Waals surface area (Å²) in [6.45, 7) is 8.72. The van der Waals surface area contributed by atoms with Crippen LogP contribution in [-0.4, -0.2) is 82.2 Å². The number of nitrogens with zero attached hydrogens (tertiary/aromatic N) is 1. The molecule has 158 valence electrons. The molecule has 8 heteroatoms. The molecule has 1 heterocycles. The number of ether oxygens (including phenoxy) is 1. The van der Waals surface area contributed by atoms with Crippen LogP contribution in [0.25, 0.3) is 0 Å². The van der Waals surface area contributed by atoms with Crippen molar-refractivity contribution in [1.82, 2.24) is 10.2 Å². The fourth-order valence-electron chi connectivity index (χ4n) is 2.94. The summed E-state index contributed by atoms with van der Waals surface area (Å²) in [6.07, 6.45) is -1.68. The van der Waals surface area contributed by atoms with Crippen molar-refractivity contribution in [3.05, 3.63) is 0 Å². The van der Waals surface area contributed by atoms with Crippen LogP contribution in [0.4, 0.5) is 0 Å². The first kappa shape index (κ1) is 23.8. The maximum Gasteiger partial charge on any atom is 0.306 e. The molecule has 1 fully saturated rings. The fourth-order valence-corrected chi connectivity index (χ4v) is 2.94. The number of nitrogens with one attached hydrogen (secondary N) is 1. The van der Waals surface area contributed by atoms with Gasteiger partial charge in [-0.15, -0.1) is 0 Å². The second-order valence-corrected chi connectivity index (χ2v) is 7.75. The van der Waals surface area contributed by atoms with Crippen molar-refractivity contribution in [2.45, 2.75) is 83.8 Å². The van der Waals surface area contributed by atoms with E-state index in [-0.39, 0.29) is 37.9 Å². The van der Waals surface area contributed by atoms with Gasteiger partial charge in [-0.3, -0.25) is 14.5 Å². The van der Waals surface area contributed by atoms with E-state index in [1.807, 2.05) is 32.6 Å². The molecule has 0 radical (unpaired) electrons. The van der Waals surface area contributed by atoms with E-state index in [9.17, 15) is 24.9 Å². The number of amides is 1. The van der Waals surface area contributed by atoms with E-state index in [1.54, 1.807) is 0 Å². The molecule has 0 aliphatic carbocycles. The molecule has 8 nitrogen and oxygen atoms in total. The molecule has 1 rings (SSSR count). The van der Waals surface area contributed by atoms with Crippen molar-refractivity contribution in [3.8, 4) is 0 Å². The van der Waals surface area contributed by atoms with Gasteiger partial charge in [0, 0.05) is 19.0 Å². The topological polar surface area (TPSA) is 119 Å². The Morgan fingerprint density at radius 2 is 1.81 bits per heavy atom. The molecule has 1 aliphatic rings. The van der Waals surface area contributed by atoms with E-state index in [2.05, 4.69) is 5.32 Å². The van der Waals surface area contributed by atoms with Crippen molar-refractivity contribution in [2.24, 2.45) is 5.92 Å². The summed E-state index contributed by atoms with van der Waals surface area (Å²) in [7, 11) is 0. The van der Waals surface area contributed by atoms with E-state index >= 15 is 0 Å². The van der Waals surface area contributed by atoms with Crippen molar-refractivity contribution < 1.29 is 29.6 Å². The Hall–Kier alpha value is -1.22. The second-order valence-electron chi connectivity index (χ2n) is 7.75. The average molecular weight is 389 g/mol. The van der Waals surface area contributed by atoms with Gasteiger partial charge in [0.05, 0.1) is 18.6 Å². The molecule has 1 amide bonds. The number of aliphatic hydroxyl groups is 3. The summed E-state index contributed by atoms with van der Waals surface area (Å²) >= 11 is 0. The minimum atomic E-state index is -1.27. The van der Waals surface area contributed by atoms with Gasteiger partial charge in [0.15, 0.2) is 0 Å². The number of hydrogen-bond donors (Lipinski definition) is 4. The Labute approximate surface area is 161 Å². The maximum atomic E-state index is 12.0. The Kier molecular flexibility index (Phi) is 10.2. The van der Waals surface area contributed by atoms with Gasteiger partial charge in [0.25, 0.3) is 0 Å². The Balaban J connectivity index is 2.47. The Bertz CT molecular complexity index is 473. The van der Waals surface area contributed by atoms with Crippen molar-refractivity contribution in [2.75, 3.05) is 19.7 Å². The molecule has 1 aliphatic heterocycles. The quantitative estimate of drug-likeness (QED) is 0.390. The Morgan fingerprint density at radius 1 is 1.15 bits per heavy atom. The average Bonchev–Trinajstić information content (AvgIpc) is 2.61. The van der Waals surface area contributed by atoms with Gasteiger partial charge >= 0.3 is 5.97 Å². The molecule has 0 bridgehead atoms. The normalized spacial score (nSPS) is 27.4. The number of aliphatic hydroxyl groups excluding tert-OH is 3. The lowest BCUT2D eigenvalue weighted by Crippen LogP contribution is -2.62. The first-order valence-corrected chi connectivity index (χ1v) is 9.90. The van der Waals surface area contributed by atoms with Crippen LogP contribution in [-0.2, 0) is 14.3 Å². The van der Waals surface area contributed by atoms with Gasteiger partial charge in [0.2, 0.25) is 5.91 Å². The van der Waals surface area contributed by atoms with Gasteiger partial charge in [-0.1, -0.05) is 27.2 Å². The Morgan fingerprint density at radius 3 is 2.41 bits per heavy atom. The largest absolute Gasteiger partial charge is 0.464 e. The SMILES string of the molecule is CCCCN1C[C@H](O)[C@@H](O)[C@H](O)[C@H]1COC(=O)CCC(=O)N[C@@H](C)C(C)C. The summed E-state index contributed by atoms with van der Waals surface area (Å²) in [5.74, 6) is -0.413. The van der Waals surface area contributed by atoms with Crippen LogP contribution in [0.1, 0.15) is 53.4 Å². The number of piperidine rings is 1. The number of likely N-dealkylation sites (tertiary alicyclic amines) is 1. The zero-order valence-electron chi connectivity index (χ0n) is 16.9. The zero-order valence-corrected chi connectivity index (χ0v) is 16.9. The fraction of sp³-hybridized carbons (Fsp3) is 0.895. The third kappa shape index (κ3) is 7.73. The standard InChI is InChI=1S/C19H36N2O6/c1-5-6-9-21-10-15(22)19(26)18(25)14(21)11-27-17(24)8-7-16(23)20-13(4)12(2)3/h12-15,18-19,22,25-26H,5-11H2,1-4H3,(H,20,23)/t13-,14+,15-,18+,19+/m0/s1. The van der Waals surface area contributed by atoms with E-state index in [1.165, 1.54) is 0 Å². The highest BCUT2D eigenvalue weighted by Gasteiger charge is 2.41. The number of hydrogen-bond acceptors (Lipinski definition) is 7. The third-order valence-corrected chi connectivity index (χ3v) is 5.19. The highest BCUT2D eigenvalue weighted by atomic mass is 16.5. The lowest BCUT2D eigenvalue weighted by molar-refractivity contribution is -0.163. The molecule has 0 spiro atoms. The number of β-amino-alcohol motifs (C(OH)–C–C–N with tert-alkyl or cyclic N) is 1. The second kappa shape index (κ2) is 11.6. The molecule has 0 unspecified atom stereocenters. The molecule has 0 aromatic rings. The zero-order chi connectivity index (χ0) is 20.6. The number of unbranched alkanes of at least 4 members (excludes halogenated alkanes) is 1. The van der Waals surface area contributed by atoms with E-state index < -0.39 is 30.3 Å². The van der Waals surface area contributed by atoms with Gasteiger partial charge in [-0.05, 0) is 25.8 Å². The predicted octanol–water partition coefficient (Wildman–Crippen LogP) is 0.0375. The van der Waals surface area contributed by atoms with Gasteiger partial charge in [-0.25, -0.2) is 0 Å². The number of rotatable bonds is 10. The molecular formula is C19H36N2O6. The van der Waals surface area contributed by atoms with Crippen molar-refractivity contribution >= 4 is 11.9 Å². The molecule has 0 aromatic carbocycles. The molecule has 5 atom stereocenters. The molecular weight excluding hydrogens is 352 g/mol. The van der Waals surface area contributed by atoms with Gasteiger partial charge in [-0.2, -0.15) is 0 Å². The maximum absolute atomic E-state index is 12.0. The summed E-state index contributed by atoms with van der Waals surface area (Å²) in [5.41, 5.74) is 0. The van der Waals surface area contributed by atoms with E-state index in [4.69, 9.17) is 4.74 Å². The lowest BCUT2D eigenvalue weighted by atomic mass is 9.94. The molecule has 1 saturated heterocycles. The number of esters is 1. The van der Waals surface area contributed by atoms with Crippen LogP contribution in [0.2, 0.25) is 0 Å². The van der Waals surface area contributed by atoms with Crippen LogP contribution < -0.4 is 5.32 Å². The number of carbonyl (C=O) groups is 2. The molecule has 27 heavy (non-hydrogen) atoms. The minimum absolute atomic E-state index is 0.0333. The molecule has 0 saturated carbocycles. The monoisotopic (exact) mass is 388 g/mol. The molecule has 0 aromatic heterocycles. The number of carbonyl (C=O) groups excluding carboxylic acids is 2. The smallest absolute Gasteiger partial charge is 0.306 e. The third-order valence-electron chi connectivity index (χ3n) is 5.19. The van der Waals surface area contributed by atoms with Crippen LogP contribution in [0.3, 0.4) is 0 Å². The summed E-state index contributed by atoms with van der Waals surface area (Å²) < 4.78 is 5.24. The summed E-state index contributed by atoms with van der Waals surface area (Å²) in [4.78, 5) is 25.7. The highest BCUT2D eigenvalue weighted by Crippen LogP contribution is 2.20. The van der Waals surface area contributed by atoms with Gasteiger partial charge in [0.1, 0.15) is 18.8 Å². The summed E-state index contributed by atoms with van der Waals surface area (Å²) in [5, 5.41) is 32.9. The van der Waals surface area contributed by atoms with E-state index in [0.29, 0.717) is 12.5 Å². The van der Waals surface area contributed by atoms with Gasteiger partial charge < -0.3 is 25.4 Å². The van der Waals surface area contributed by atoms with Crippen LogP contribution in [0.5, 0.6) is 0 Å². The summed E-state index contributed by atoms with van der Waals surface area (Å²) in [6, 6.07) is -0.542. The van der Waals surface area contributed by atoms with Crippen molar-refractivity contribution in [3.63, 3.8) is 0 Å². The lowest BCUT2D eigenvalue weighted by Gasteiger charge is -2.43. The van der Waals surface area contributed by atoms with Crippen LogP contribution >= 0.6 is 0 Å². The van der Waals surface area contributed by atoms with E-state index in [0.717, 1.165) is 12.8 Å². The first-order chi connectivity index (χ1) is 12.7. The first-order valence-electron chi connectivity index (χ1n) is 9.90. The highest BCUT2D eigenvalue weighted by molar-refractivity contribution is 5.81. The van der Waals surface area contributed by atoms with Crippen LogP contribution in [0.15, 0.2) is 0 Å². The minimum Gasteiger partial charge on any atom is -0.464 e. The van der Waals surface area contributed by atoms with Crippen molar-refractivity contribution in [1.29, 1.82) is 0 Å².